The predicted octanol–water partition coefficient (Wildman–Crippen LogP) is 3.17. The number of amides is 1. The normalized spacial score (nSPS) is 11.6. The summed E-state index contributed by atoms with van der Waals surface area (Å²) in [6.45, 7) is 1.40. The Bertz CT molecular complexity index is 708. The smallest absolute Gasteiger partial charge is 0.344 e. The van der Waals surface area contributed by atoms with Crippen LogP contribution in [-0.2, 0) is 20.9 Å². The molecule has 5 nitrogen and oxygen atoms in total. The molecule has 0 saturated heterocycles. The highest BCUT2D eigenvalue weighted by atomic mass is 35.5. The molecule has 24 heavy (non-hydrogen) atoms. The molecule has 0 aliphatic heterocycles. The molecule has 8 heteroatoms. The second-order valence-electron chi connectivity index (χ2n) is 4.79. The van der Waals surface area contributed by atoms with Crippen LogP contribution in [0.25, 0.3) is 0 Å². The van der Waals surface area contributed by atoms with Crippen molar-refractivity contribution < 1.29 is 23.5 Å². The Balaban J connectivity index is 1.75. The van der Waals surface area contributed by atoms with Crippen molar-refractivity contribution in [1.29, 1.82) is 0 Å². The van der Waals surface area contributed by atoms with Crippen molar-refractivity contribution in [2.24, 2.45) is 0 Å². The summed E-state index contributed by atoms with van der Waals surface area (Å²) in [6.07, 6.45) is -0.954. The first-order valence-electron chi connectivity index (χ1n) is 7.03. The molecule has 0 bridgehead atoms. The van der Waals surface area contributed by atoms with Gasteiger partial charge in [0.15, 0.2) is 12.7 Å². The third-order valence-corrected chi connectivity index (χ3v) is 4.11. The van der Waals surface area contributed by atoms with Gasteiger partial charge in [0.25, 0.3) is 5.91 Å². The van der Waals surface area contributed by atoms with Gasteiger partial charge in [0.1, 0.15) is 11.6 Å². The van der Waals surface area contributed by atoms with Gasteiger partial charge in [0, 0.05) is 4.88 Å². The van der Waals surface area contributed by atoms with Crippen LogP contribution in [0.15, 0.2) is 35.7 Å². The lowest BCUT2D eigenvalue weighted by Crippen LogP contribution is -2.36. The average molecular weight is 372 g/mol. The molecule has 2 rings (SSSR count). The molecule has 1 N–H and O–H groups in total. The Morgan fingerprint density at radius 2 is 2.17 bits per heavy atom. The van der Waals surface area contributed by atoms with Crippen molar-refractivity contribution in [2.75, 3.05) is 6.61 Å². The highest BCUT2D eigenvalue weighted by Crippen LogP contribution is 2.24. The minimum Gasteiger partial charge on any atom is -0.480 e. The molecule has 1 aromatic heterocycles. The molecule has 0 aliphatic carbocycles. The first-order valence-corrected chi connectivity index (χ1v) is 8.29. The van der Waals surface area contributed by atoms with Gasteiger partial charge in [0.05, 0.1) is 11.6 Å². The first-order chi connectivity index (χ1) is 11.5. The van der Waals surface area contributed by atoms with E-state index in [1.807, 2.05) is 17.5 Å². The van der Waals surface area contributed by atoms with E-state index in [-0.39, 0.29) is 10.8 Å². The van der Waals surface area contributed by atoms with Gasteiger partial charge in [-0.05, 0) is 36.6 Å². The highest BCUT2D eigenvalue weighted by molar-refractivity contribution is 7.09. The van der Waals surface area contributed by atoms with Crippen molar-refractivity contribution >= 4 is 34.8 Å². The summed E-state index contributed by atoms with van der Waals surface area (Å²) in [5.41, 5.74) is 0. The minimum absolute atomic E-state index is 0.0459. The summed E-state index contributed by atoms with van der Waals surface area (Å²) in [4.78, 5) is 24.5. The summed E-state index contributed by atoms with van der Waals surface area (Å²) in [6, 6.07) is 7.31. The fraction of sp³-hybridized carbons (Fsp3) is 0.250. The quantitative estimate of drug-likeness (QED) is 0.759. The Hall–Kier alpha value is -2.12. The maximum atomic E-state index is 12.9. The number of esters is 1. The van der Waals surface area contributed by atoms with Crippen LogP contribution < -0.4 is 10.1 Å². The second-order valence-corrected chi connectivity index (χ2v) is 6.23. The molecule has 1 amide bonds. The number of benzene rings is 1. The Labute approximate surface area is 147 Å². The van der Waals surface area contributed by atoms with E-state index in [2.05, 4.69) is 5.32 Å². The molecule has 0 fully saturated rings. The predicted molar refractivity (Wildman–Crippen MR) is 88.6 cm³/mol. The summed E-state index contributed by atoms with van der Waals surface area (Å²) in [5.74, 6) is -1.48. The first kappa shape index (κ1) is 18.2. The van der Waals surface area contributed by atoms with E-state index in [1.54, 1.807) is 0 Å². The molecular formula is C16H15ClFNO4S. The SMILES string of the molecule is C[C@H](OC(=O)COc1ccc(F)cc1Cl)C(=O)NCc1cccs1. The number of thiophene rings is 1. The van der Waals surface area contributed by atoms with Gasteiger partial charge >= 0.3 is 5.97 Å². The molecule has 128 valence electrons. The monoisotopic (exact) mass is 371 g/mol. The van der Waals surface area contributed by atoms with Crippen molar-refractivity contribution in [3.8, 4) is 5.75 Å². The lowest BCUT2D eigenvalue weighted by atomic mass is 10.3. The molecular weight excluding hydrogens is 357 g/mol. The zero-order valence-electron chi connectivity index (χ0n) is 12.8. The van der Waals surface area contributed by atoms with E-state index in [0.29, 0.717) is 6.54 Å². The van der Waals surface area contributed by atoms with Crippen LogP contribution in [0.1, 0.15) is 11.8 Å². The van der Waals surface area contributed by atoms with Crippen LogP contribution in [0, 0.1) is 5.82 Å². The van der Waals surface area contributed by atoms with Gasteiger partial charge in [-0.1, -0.05) is 17.7 Å². The molecule has 1 atom stereocenters. The van der Waals surface area contributed by atoms with E-state index in [0.717, 1.165) is 17.0 Å². The van der Waals surface area contributed by atoms with Crippen LogP contribution in [0.3, 0.4) is 0 Å². The van der Waals surface area contributed by atoms with E-state index in [1.165, 1.54) is 24.3 Å². The van der Waals surface area contributed by atoms with E-state index in [4.69, 9.17) is 21.1 Å². The van der Waals surface area contributed by atoms with Gasteiger partial charge in [-0.3, -0.25) is 4.79 Å². The molecule has 2 aromatic rings. The number of ether oxygens (including phenoxy) is 2. The van der Waals surface area contributed by atoms with Gasteiger partial charge in [-0.15, -0.1) is 11.3 Å². The highest BCUT2D eigenvalue weighted by Gasteiger charge is 2.18. The van der Waals surface area contributed by atoms with E-state index >= 15 is 0 Å². The van der Waals surface area contributed by atoms with Crippen molar-refractivity contribution in [1.82, 2.24) is 5.32 Å². The Morgan fingerprint density at radius 3 is 2.83 bits per heavy atom. The van der Waals surface area contributed by atoms with Crippen LogP contribution in [0.5, 0.6) is 5.75 Å². The molecule has 0 radical (unpaired) electrons. The summed E-state index contributed by atoms with van der Waals surface area (Å²) < 4.78 is 23.0. The molecule has 0 spiro atoms. The fourth-order valence-corrected chi connectivity index (χ4v) is 2.61. The number of halogens is 2. The number of carbonyl (C=O) groups is 2. The maximum Gasteiger partial charge on any atom is 0.344 e. The molecule has 1 aromatic carbocycles. The van der Waals surface area contributed by atoms with Crippen molar-refractivity contribution in [3.63, 3.8) is 0 Å². The lowest BCUT2D eigenvalue weighted by Gasteiger charge is -2.14. The lowest BCUT2D eigenvalue weighted by molar-refractivity contribution is -0.156. The molecule has 0 aliphatic rings. The van der Waals surface area contributed by atoms with Crippen LogP contribution in [0.2, 0.25) is 5.02 Å². The van der Waals surface area contributed by atoms with E-state index in [9.17, 15) is 14.0 Å². The number of hydrogen-bond acceptors (Lipinski definition) is 5. The van der Waals surface area contributed by atoms with Crippen LogP contribution in [-0.4, -0.2) is 24.6 Å². The zero-order chi connectivity index (χ0) is 17.5. The summed E-state index contributed by atoms with van der Waals surface area (Å²) >= 11 is 7.30. The van der Waals surface area contributed by atoms with Crippen LogP contribution in [0.4, 0.5) is 4.39 Å². The standard InChI is InChI=1S/C16H15ClFNO4S/c1-10(16(21)19-8-12-3-2-6-24-12)23-15(20)9-22-14-5-4-11(18)7-13(14)17/h2-7,10H,8-9H2,1H3,(H,19,21)/t10-/m0/s1. The van der Waals surface area contributed by atoms with Crippen molar-refractivity contribution in [2.45, 2.75) is 19.6 Å². The zero-order valence-corrected chi connectivity index (χ0v) is 14.3. The van der Waals surface area contributed by atoms with Crippen molar-refractivity contribution in [3.05, 3.63) is 51.4 Å². The number of nitrogens with one attached hydrogen (secondary N) is 1. The third kappa shape index (κ3) is 5.50. The fourth-order valence-electron chi connectivity index (χ4n) is 1.74. The number of hydrogen-bond donors (Lipinski definition) is 1. The summed E-state index contributed by atoms with van der Waals surface area (Å²) in [7, 11) is 0. The Kier molecular flexibility index (Phi) is 6.57. The maximum absolute atomic E-state index is 12.9. The van der Waals surface area contributed by atoms with Gasteiger partial charge < -0.3 is 14.8 Å². The van der Waals surface area contributed by atoms with Gasteiger partial charge in [0.2, 0.25) is 0 Å². The number of carbonyl (C=O) groups excluding carboxylic acids is 2. The number of rotatable bonds is 7. The summed E-state index contributed by atoms with van der Waals surface area (Å²) in [5, 5.41) is 4.62. The second kappa shape index (κ2) is 8.65. The molecule has 0 saturated carbocycles. The average Bonchev–Trinajstić information content (AvgIpc) is 3.05. The topological polar surface area (TPSA) is 64.6 Å². The van der Waals surface area contributed by atoms with Gasteiger partial charge in [-0.2, -0.15) is 0 Å². The minimum atomic E-state index is -0.954. The van der Waals surface area contributed by atoms with Crippen LogP contribution >= 0.6 is 22.9 Å². The third-order valence-electron chi connectivity index (χ3n) is 2.93. The molecule has 0 unspecified atom stereocenters. The Morgan fingerprint density at radius 1 is 1.38 bits per heavy atom. The largest absolute Gasteiger partial charge is 0.480 e. The van der Waals surface area contributed by atoms with E-state index < -0.39 is 30.4 Å². The molecule has 1 heterocycles. The van der Waals surface area contributed by atoms with Gasteiger partial charge in [-0.25, -0.2) is 9.18 Å².